The van der Waals surface area contributed by atoms with Crippen LogP contribution in [-0.4, -0.2) is 30.7 Å². The fourth-order valence-corrected chi connectivity index (χ4v) is 1.51. The van der Waals surface area contributed by atoms with Crippen LogP contribution in [0.15, 0.2) is 0 Å². The second kappa shape index (κ2) is 3.52. The number of rotatable bonds is 2. The van der Waals surface area contributed by atoms with E-state index in [0.29, 0.717) is 0 Å². The maximum atomic E-state index is 9.51. The van der Waals surface area contributed by atoms with E-state index in [9.17, 15) is 5.11 Å². The largest absolute Gasteiger partial charge is 0.387 e. The first-order valence-corrected chi connectivity index (χ1v) is 4.07. The molecule has 0 spiro atoms. The maximum absolute atomic E-state index is 9.51. The van der Waals surface area contributed by atoms with Crippen molar-refractivity contribution in [2.45, 2.75) is 38.8 Å². The zero-order valence-electron chi connectivity index (χ0n) is 7.28. The third kappa shape index (κ3) is 1.55. The lowest BCUT2D eigenvalue weighted by Gasteiger charge is -2.12. The van der Waals surface area contributed by atoms with Crippen LogP contribution >= 0.6 is 0 Å². The number of aliphatic hydroxyl groups excluding tert-OH is 1. The van der Waals surface area contributed by atoms with Crippen LogP contribution in [0.1, 0.15) is 20.3 Å². The van der Waals surface area contributed by atoms with E-state index in [0.717, 1.165) is 6.42 Å². The third-order valence-electron chi connectivity index (χ3n) is 2.35. The summed E-state index contributed by atoms with van der Waals surface area (Å²) in [5.74, 6) is 0.185. The Morgan fingerprint density at radius 2 is 2.18 bits per heavy atom. The highest BCUT2D eigenvalue weighted by Crippen LogP contribution is 2.28. The molecule has 1 N–H and O–H groups in total. The fourth-order valence-electron chi connectivity index (χ4n) is 1.51. The summed E-state index contributed by atoms with van der Waals surface area (Å²) in [4.78, 5) is 0. The molecule has 1 aliphatic rings. The van der Waals surface area contributed by atoms with Crippen LogP contribution in [0.25, 0.3) is 0 Å². The molecule has 3 heteroatoms. The van der Waals surface area contributed by atoms with Crippen molar-refractivity contribution in [3.63, 3.8) is 0 Å². The molecule has 1 rings (SSSR count). The summed E-state index contributed by atoms with van der Waals surface area (Å²) in [5.41, 5.74) is 0. The Kier molecular flexibility index (Phi) is 2.87. The van der Waals surface area contributed by atoms with E-state index in [-0.39, 0.29) is 12.0 Å². The highest BCUT2D eigenvalue weighted by atomic mass is 16.7. The van der Waals surface area contributed by atoms with Gasteiger partial charge in [0.25, 0.3) is 0 Å². The Hall–Kier alpha value is -0.120. The Labute approximate surface area is 67.3 Å². The van der Waals surface area contributed by atoms with Crippen LogP contribution in [0.2, 0.25) is 0 Å². The molecule has 1 saturated heterocycles. The number of ether oxygens (including phenoxy) is 2. The fraction of sp³-hybridized carbons (Fsp3) is 1.00. The minimum atomic E-state index is -0.468. The monoisotopic (exact) mass is 160 g/mol. The topological polar surface area (TPSA) is 38.7 Å². The number of methoxy groups -OCH3 is 1. The summed E-state index contributed by atoms with van der Waals surface area (Å²) in [6, 6.07) is 0. The van der Waals surface area contributed by atoms with Gasteiger partial charge in [0.15, 0.2) is 6.29 Å². The second-order valence-corrected chi connectivity index (χ2v) is 3.04. The van der Waals surface area contributed by atoms with Crippen LogP contribution in [0.4, 0.5) is 0 Å². The average Bonchev–Trinajstić information content (AvgIpc) is 2.30. The number of aliphatic hydroxyl groups is 1. The van der Waals surface area contributed by atoms with E-state index >= 15 is 0 Å². The van der Waals surface area contributed by atoms with E-state index in [1.165, 1.54) is 0 Å². The van der Waals surface area contributed by atoms with Crippen LogP contribution in [0.3, 0.4) is 0 Å². The standard InChI is InChI=1S/C8H16O3/c1-4-6-5(2)7(9)8(10-3)11-6/h5-9H,4H2,1-3H3/t5-,6-,7-,8+/m1/s1. The first-order chi connectivity index (χ1) is 5.20. The lowest BCUT2D eigenvalue weighted by atomic mass is 9.99. The highest BCUT2D eigenvalue weighted by molar-refractivity contribution is 4.82. The van der Waals surface area contributed by atoms with Crippen LogP contribution in [0, 0.1) is 5.92 Å². The molecular formula is C8H16O3. The van der Waals surface area contributed by atoms with Crippen molar-refractivity contribution in [3.05, 3.63) is 0 Å². The van der Waals surface area contributed by atoms with E-state index in [4.69, 9.17) is 9.47 Å². The summed E-state index contributed by atoms with van der Waals surface area (Å²) in [7, 11) is 1.55. The number of hydrogen-bond donors (Lipinski definition) is 1. The van der Waals surface area contributed by atoms with Crippen molar-refractivity contribution in [2.24, 2.45) is 5.92 Å². The van der Waals surface area contributed by atoms with Crippen LogP contribution in [-0.2, 0) is 9.47 Å². The molecule has 0 amide bonds. The van der Waals surface area contributed by atoms with Crippen molar-refractivity contribution in [2.75, 3.05) is 7.11 Å². The maximum Gasteiger partial charge on any atom is 0.183 e. The van der Waals surface area contributed by atoms with Gasteiger partial charge in [0.2, 0.25) is 0 Å². The molecule has 0 unspecified atom stereocenters. The zero-order valence-corrected chi connectivity index (χ0v) is 7.28. The van der Waals surface area contributed by atoms with Crippen molar-refractivity contribution in [3.8, 4) is 0 Å². The van der Waals surface area contributed by atoms with Gasteiger partial charge in [0, 0.05) is 13.0 Å². The Bertz CT molecular complexity index is 109. The predicted molar refractivity (Wildman–Crippen MR) is 41.1 cm³/mol. The molecule has 0 bridgehead atoms. The van der Waals surface area contributed by atoms with Crippen molar-refractivity contribution >= 4 is 0 Å². The first-order valence-electron chi connectivity index (χ1n) is 4.07. The number of hydrogen-bond acceptors (Lipinski definition) is 3. The van der Waals surface area contributed by atoms with E-state index in [1.807, 2.05) is 13.8 Å². The SMILES string of the molecule is CC[C@H]1O[C@H](OC)[C@H](O)[C@@H]1C. The molecule has 1 fully saturated rings. The Morgan fingerprint density at radius 1 is 1.55 bits per heavy atom. The summed E-state index contributed by atoms with van der Waals surface area (Å²) in [6.45, 7) is 4.03. The second-order valence-electron chi connectivity index (χ2n) is 3.04. The van der Waals surface area contributed by atoms with Gasteiger partial charge in [0.05, 0.1) is 6.10 Å². The van der Waals surface area contributed by atoms with Gasteiger partial charge in [-0.05, 0) is 6.42 Å². The first kappa shape index (κ1) is 8.97. The molecule has 0 aromatic heterocycles. The quantitative estimate of drug-likeness (QED) is 0.648. The molecule has 0 aromatic rings. The third-order valence-corrected chi connectivity index (χ3v) is 2.35. The van der Waals surface area contributed by atoms with Gasteiger partial charge in [-0.2, -0.15) is 0 Å². The molecule has 0 aliphatic carbocycles. The minimum absolute atomic E-state index is 0.148. The van der Waals surface area contributed by atoms with Crippen LogP contribution in [0.5, 0.6) is 0 Å². The molecule has 3 nitrogen and oxygen atoms in total. The average molecular weight is 160 g/mol. The zero-order chi connectivity index (χ0) is 8.43. The molecule has 0 radical (unpaired) electrons. The summed E-state index contributed by atoms with van der Waals surface area (Å²) >= 11 is 0. The molecule has 1 aliphatic heterocycles. The predicted octanol–water partition coefficient (Wildman–Crippen LogP) is 0.765. The smallest absolute Gasteiger partial charge is 0.183 e. The van der Waals surface area contributed by atoms with Crippen molar-refractivity contribution in [1.82, 2.24) is 0 Å². The highest BCUT2D eigenvalue weighted by Gasteiger charge is 2.39. The van der Waals surface area contributed by atoms with Gasteiger partial charge in [-0.25, -0.2) is 0 Å². The van der Waals surface area contributed by atoms with Gasteiger partial charge >= 0.3 is 0 Å². The van der Waals surface area contributed by atoms with Gasteiger partial charge in [-0.1, -0.05) is 13.8 Å². The molecule has 11 heavy (non-hydrogen) atoms. The van der Waals surface area contributed by atoms with E-state index < -0.39 is 12.4 Å². The molecular weight excluding hydrogens is 144 g/mol. The lowest BCUT2D eigenvalue weighted by molar-refractivity contribution is -0.148. The summed E-state index contributed by atoms with van der Waals surface area (Å²) in [5, 5.41) is 9.51. The Balaban J connectivity index is 2.53. The van der Waals surface area contributed by atoms with Gasteiger partial charge in [0.1, 0.15) is 6.10 Å². The Morgan fingerprint density at radius 3 is 2.45 bits per heavy atom. The van der Waals surface area contributed by atoms with Crippen LogP contribution < -0.4 is 0 Å². The summed E-state index contributed by atoms with van der Waals surface area (Å²) in [6.07, 6.45) is 0.188. The van der Waals surface area contributed by atoms with E-state index in [2.05, 4.69) is 0 Å². The summed E-state index contributed by atoms with van der Waals surface area (Å²) < 4.78 is 10.4. The minimum Gasteiger partial charge on any atom is -0.387 e. The van der Waals surface area contributed by atoms with Gasteiger partial charge < -0.3 is 14.6 Å². The van der Waals surface area contributed by atoms with E-state index in [1.54, 1.807) is 7.11 Å². The lowest BCUT2D eigenvalue weighted by Crippen LogP contribution is -2.26. The molecule has 1 heterocycles. The normalized spacial score (nSPS) is 44.7. The molecule has 66 valence electrons. The van der Waals surface area contributed by atoms with Crippen molar-refractivity contribution in [1.29, 1.82) is 0 Å². The van der Waals surface area contributed by atoms with Gasteiger partial charge in [-0.15, -0.1) is 0 Å². The van der Waals surface area contributed by atoms with Crippen molar-refractivity contribution < 1.29 is 14.6 Å². The molecule has 4 atom stereocenters. The molecule has 0 aromatic carbocycles. The molecule has 0 saturated carbocycles. The van der Waals surface area contributed by atoms with Gasteiger partial charge in [-0.3, -0.25) is 0 Å².